The normalized spacial score (nSPS) is 10.4. The summed E-state index contributed by atoms with van der Waals surface area (Å²) in [5.41, 5.74) is 4.32. The highest BCUT2D eigenvalue weighted by molar-refractivity contribution is 5.68. The van der Waals surface area contributed by atoms with Crippen LogP contribution in [0.25, 0.3) is 22.4 Å². The van der Waals surface area contributed by atoms with Gasteiger partial charge in [-0.25, -0.2) is 4.98 Å². The van der Waals surface area contributed by atoms with Crippen molar-refractivity contribution in [3.8, 4) is 28.3 Å². The fourth-order valence-electron chi connectivity index (χ4n) is 1.93. The number of aromatic amines is 1. The summed E-state index contributed by atoms with van der Waals surface area (Å²) < 4.78 is 5.05. The van der Waals surface area contributed by atoms with E-state index in [1.54, 1.807) is 13.3 Å². The van der Waals surface area contributed by atoms with Gasteiger partial charge in [0.15, 0.2) is 0 Å². The first-order valence-corrected chi connectivity index (χ1v) is 5.97. The Kier molecular flexibility index (Phi) is 2.98. The van der Waals surface area contributed by atoms with Gasteiger partial charge in [0.05, 0.1) is 12.8 Å². The molecule has 2 aromatic heterocycles. The van der Waals surface area contributed by atoms with Crippen molar-refractivity contribution in [2.75, 3.05) is 7.11 Å². The quantitative estimate of drug-likeness (QED) is 0.778. The number of ether oxygens (including phenoxy) is 1. The Bertz CT molecular complexity index is 643. The Labute approximate surface area is 111 Å². The van der Waals surface area contributed by atoms with Gasteiger partial charge in [0.25, 0.3) is 0 Å². The molecule has 0 spiro atoms. The number of benzene rings is 1. The van der Waals surface area contributed by atoms with Gasteiger partial charge in [-0.3, -0.25) is 5.10 Å². The summed E-state index contributed by atoms with van der Waals surface area (Å²) >= 11 is 0. The van der Waals surface area contributed by atoms with Crippen molar-refractivity contribution in [3.63, 3.8) is 0 Å². The summed E-state index contributed by atoms with van der Waals surface area (Å²) in [6.07, 6.45) is 3.56. The number of aromatic nitrogens is 3. The van der Waals surface area contributed by atoms with Crippen LogP contribution < -0.4 is 4.74 Å². The summed E-state index contributed by atoms with van der Waals surface area (Å²) in [7, 11) is 1.61. The minimum atomic E-state index is 0.623. The largest absolute Gasteiger partial charge is 0.481 e. The molecule has 4 heteroatoms. The van der Waals surface area contributed by atoms with Crippen LogP contribution in [-0.2, 0) is 0 Å². The molecule has 0 saturated heterocycles. The molecule has 0 saturated carbocycles. The molecule has 1 N–H and O–H groups in total. The lowest BCUT2D eigenvalue weighted by Crippen LogP contribution is -1.87. The number of hydrogen-bond acceptors (Lipinski definition) is 3. The van der Waals surface area contributed by atoms with Crippen molar-refractivity contribution in [1.29, 1.82) is 0 Å². The summed E-state index contributed by atoms with van der Waals surface area (Å²) in [5.74, 6) is 0.623. The summed E-state index contributed by atoms with van der Waals surface area (Å²) in [6, 6.07) is 14.1. The fourth-order valence-corrected chi connectivity index (χ4v) is 1.93. The number of H-pyrrole nitrogens is 1. The van der Waals surface area contributed by atoms with E-state index in [1.165, 1.54) is 0 Å². The van der Waals surface area contributed by atoms with E-state index in [1.807, 2.05) is 24.4 Å². The lowest BCUT2D eigenvalue weighted by atomic mass is 10.0. The molecule has 0 atom stereocenters. The molecule has 3 aromatic rings. The molecule has 0 unspecified atom stereocenters. The average Bonchev–Trinajstić information content (AvgIpc) is 3.02. The molecule has 0 aliphatic rings. The van der Waals surface area contributed by atoms with Crippen LogP contribution in [0.5, 0.6) is 5.88 Å². The minimum Gasteiger partial charge on any atom is -0.481 e. The summed E-state index contributed by atoms with van der Waals surface area (Å²) in [5, 5.41) is 6.90. The van der Waals surface area contributed by atoms with Gasteiger partial charge in [-0.1, -0.05) is 24.3 Å². The van der Waals surface area contributed by atoms with E-state index in [4.69, 9.17) is 4.74 Å². The number of nitrogens with zero attached hydrogens (tertiary/aromatic N) is 2. The second-order valence-electron chi connectivity index (χ2n) is 4.14. The third-order valence-electron chi connectivity index (χ3n) is 2.98. The van der Waals surface area contributed by atoms with E-state index in [9.17, 15) is 0 Å². The molecule has 0 bridgehead atoms. The molecule has 19 heavy (non-hydrogen) atoms. The molecule has 4 nitrogen and oxygen atoms in total. The second kappa shape index (κ2) is 4.94. The summed E-state index contributed by atoms with van der Waals surface area (Å²) in [6.45, 7) is 0. The maximum Gasteiger partial charge on any atom is 0.212 e. The third kappa shape index (κ3) is 2.33. The maximum absolute atomic E-state index is 5.05. The molecule has 3 rings (SSSR count). The Morgan fingerprint density at radius 1 is 0.895 bits per heavy atom. The first-order chi connectivity index (χ1) is 9.36. The van der Waals surface area contributed by atoms with Gasteiger partial charge in [-0.05, 0) is 23.3 Å². The number of hydrogen-bond donors (Lipinski definition) is 1. The molecular formula is C15H13N3O. The predicted molar refractivity (Wildman–Crippen MR) is 73.8 cm³/mol. The van der Waals surface area contributed by atoms with E-state index < -0.39 is 0 Å². The molecular weight excluding hydrogens is 238 g/mol. The van der Waals surface area contributed by atoms with Crippen LogP contribution >= 0.6 is 0 Å². The number of methoxy groups -OCH3 is 1. The zero-order valence-electron chi connectivity index (χ0n) is 10.5. The smallest absolute Gasteiger partial charge is 0.212 e. The molecule has 94 valence electrons. The Hall–Kier alpha value is -2.62. The monoisotopic (exact) mass is 251 g/mol. The first kappa shape index (κ1) is 11.5. The topological polar surface area (TPSA) is 50.8 Å². The van der Waals surface area contributed by atoms with E-state index in [0.29, 0.717) is 5.88 Å². The van der Waals surface area contributed by atoms with Gasteiger partial charge in [0.2, 0.25) is 5.88 Å². The average molecular weight is 251 g/mol. The van der Waals surface area contributed by atoms with Crippen LogP contribution in [0.2, 0.25) is 0 Å². The second-order valence-corrected chi connectivity index (χ2v) is 4.14. The van der Waals surface area contributed by atoms with Gasteiger partial charge in [0, 0.05) is 24.0 Å². The van der Waals surface area contributed by atoms with Crippen molar-refractivity contribution < 1.29 is 4.74 Å². The zero-order valence-corrected chi connectivity index (χ0v) is 10.5. The lowest BCUT2D eigenvalue weighted by molar-refractivity contribution is 0.398. The first-order valence-electron chi connectivity index (χ1n) is 5.97. The maximum atomic E-state index is 5.05. The van der Waals surface area contributed by atoms with E-state index >= 15 is 0 Å². The van der Waals surface area contributed by atoms with E-state index in [0.717, 1.165) is 22.4 Å². The zero-order chi connectivity index (χ0) is 13.1. The van der Waals surface area contributed by atoms with E-state index in [2.05, 4.69) is 39.4 Å². The number of nitrogens with one attached hydrogen (secondary N) is 1. The van der Waals surface area contributed by atoms with Gasteiger partial charge in [-0.2, -0.15) is 5.10 Å². The molecule has 0 radical (unpaired) electrons. The van der Waals surface area contributed by atoms with Crippen LogP contribution in [0.15, 0.2) is 54.9 Å². The molecule has 0 aliphatic carbocycles. The van der Waals surface area contributed by atoms with Crippen molar-refractivity contribution in [3.05, 3.63) is 54.9 Å². The minimum absolute atomic E-state index is 0.623. The standard InChI is InChI=1S/C15H13N3O/c1-19-15-7-6-13(10-16-15)11-2-4-12(5-3-11)14-8-9-17-18-14/h2-10H,1H3,(H,17,18). The SMILES string of the molecule is COc1ccc(-c2ccc(-c3ccn[nH]3)cc2)cn1. The number of rotatable bonds is 3. The van der Waals surface area contributed by atoms with Gasteiger partial charge < -0.3 is 4.74 Å². The van der Waals surface area contributed by atoms with Crippen LogP contribution in [0.1, 0.15) is 0 Å². The van der Waals surface area contributed by atoms with Gasteiger partial charge in [0.1, 0.15) is 0 Å². The predicted octanol–water partition coefficient (Wildman–Crippen LogP) is 3.15. The summed E-state index contributed by atoms with van der Waals surface area (Å²) in [4.78, 5) is 4.21. The van der Waals surface area contributed by atoms with Crippen molar-refractivity contribution in [2.24, 2.45) is 0 Å². The van der Waals surface area contributed by atoms with Crippen LogP contribution in [0.4, 0.5) is 0 Å². The highest BCUT2D eigenvalue weighted by Gasteiger charge is 2.02. The molecule has 1 aromatic carbocycles. The Morgan fingerprint density at radius 2 is 1.63 bits per heavy atom. The van der Waals surface area contributed by atoms with Crippen LogP contribution in [-0.4, -0.2) is 22.3 Å². The van der Waals surface area contributed by atoms with Crippen molar-refractivity contribution >= 4 is 0 Å². The Morgan fingerprint density at radius 3 is 2.21 bits per heavy atom. The third-order valence-corrected chi connectivity index (χ3v) is 2.98. The molecule has 0 fully saturated rings. The lowest BCUT2D eigenvalue weighted by Gasteiger charge is -2.04. The van der Waals surface area contributed by atoms with Crippen molar-refractivity contribution in [1.82, 2.24) is 15.2 Å². The molecule has 0 amide bonds. The van der Waals surface area contributed by atoms with Gasteiger partial charge in [-0.15, -0.1) is 0 Å². The van der Waals surface area contributed by atoms with Crippen molar-refractivity contribution in [2.45, 2.75) is 0 Å². The highest BCUT2D eigenvalue weighted by atomic mass is 16.5. The molecule has 2 heterocycles. The highest BCUT2D eigenvalue weighted by Crippen LogP contribution is 2.24. The van der Waals surface area contributed by atoms with Crippen LogP contribution in [0, 0.1) is 0 Å². The van der Waals surface area contributed by atoms with E-state index in [-0.39, 0.29) is 0 Å². The number of pyridine rings is 1. The fraction of sp³-hybridized carbons (Fsp3) is 0.0667. The van der Waals surface area contributed by atoms with Gasteiger partial charge >= 0.3 is 0 Å². The Balaban J connectivity index is 1.89. The molecule has 0 aliphatic heterocycles. The van der Waals surface area contributed by atoms with Crippen LogP contribution in [0.3, 0.4) is 0 Å².